The number of amides is 1. The maximum Gasteiger partial charge on any atom is 0.225 e. The van der Waals surface area contributed by atoms with Crippen LogP contribution in [0.4, 0.5) is 0 Å². The van der Waals surface area contributed by atoms with Gasteiger partial charge >= 0.3 is 0 Å². The Morgan fingerprint density at radius 1 is 1.47 bits per heavy atom. The quantitative estimate of drug-likeness (QED) is 0.835. The molecule has 1 aliphatic rings. The number of carbonyl (C=O) groups is 1. The lowest BCUT2D eigenvalue weighted by molar-refractivity contribution is -0.125. The molecule has 1 heterocycles. The predicted octanol–water partition coefficient (Wildman–Crippen LogP) is 2.08. The van der Waals surface area contributed by atoms with E-state index in [4.69, 9.17) is 16.3 Å². The zero-order valence-electron chi connectivity index (χ0n) is 9.62. The summed E-state index contributed by atoms with van der Waals surface area (Å²) in [4.78, 5) is 11.8. The van der Waals surface area contributed by atoms with E-state index in [1.807, 2.05) is 24.3 Å². The van der Waals surface area contributed by atoms with Gasteiger partial charge in [-0.3, -0.25) is 4.79 Å². The SMILES string of the molecule is O=C(NCc1cccc(CCl)c1)C1CCOC1. The molecule has 1 unspecified atom stereocenters. The number of hydrogen-bond donors (Lipinski definition) is 1. The first-order valence-electron chi connectivity index (χ1n) is 5.79. The van der Waals surface area contributed by atoms with Crippen LogP contribution in [-0.2, 0) is 22.0 Å². The van der Waals surface area contributed by atoms with Gasteiger partial charge in [0.15, 0.2) is 0 Å². The summed E-state index contributed by atoms with van der Waals surface area (Å²) in [7, 11) is 0. The molecule has 17 heavy (non-hydrogen) atoms. The van der Waals surface area contributed by atoms with Crippen molar-refractivity contribution in [3.8, 4) is 0 Å². The summed E-state index contributed by atoms with van der Waals surface area (Å²) < 4.78 is 5.19. The number of hydrogen-bond acceptors (Lipinski definition) is 2. The lowest BCUT2D eigenvalue weighted by Gasteiger charge is -2.09. The molecular formula is C13H16ClNO2. The molecule has 3 nitrogen and oxygen atoms in total. The van der Waals surface area contributed by atoms with E-state index in [1.54, 1.807) is 0 Å². The number of benzene rings is 1. The molecule has 1 N–H and O–H groups in total. The zero-order valence-corrected chi connectivity index (χ0v) is 10.4. The van der Waals surface area contributed by atoms with Crippen LogP contribution in [0.15, 0.2) is 24.3 Å². The highest BCUT2D eigenvalue weighted by molar-refractivity contribution is 6.17. The lowest BCUT2D eigenvalue weighted by atomic mass is 10.1. The Bertz CT molecular complexity index is 389. The molecule has 0 bridgehead atoms. The third-order valence-corrected chi connectivity index (χ3v) is 3.22. The number of alkyl halides is 1. The average molecular weight is 254 g/mol. The first-order chi connectivity index (χ1) is 8.29. The fourth-order valence-electron chi connectivity index (χ4n) is 1.90. The molecule has 1 saturated heterocycles. The normalized spacial score (nSPS) is 19.2. The Kier molecular flexibility index (Phi) is 4.40. The van der Waals surface area contributed by atoms with Gasteiger partial charge in [0.05, 0.1) is 12.5 Å². The van der Waals surface area contributed by atoms with E-state index in [2.05, 4.69) is 5.32 Å². The van der Waals surface area contributed by atoms with Crippen LogP contribution in [-0.4, -0.2) is 19.1 Å². The van der Waals surface area contributed by atoms with Crippen molar-refractivity contribution in [2.45, 2.75) is 18.8 Å². The average Bonchev–Trinajstić information content (AvgIpc) is 2.90. The van der Waals surface area contributed by atoms with E-state index in [0.29, 0.717) is 25.6 Å². The van der Waals surface area contributed by atoms with Crippen LogP contribution in [0.25, 0.3) is 0 Å². The van der Waals surface area contributed by atoms with E-state index in [0.717, 1.165) is 17.5 Å². The topological polar surface area (TPSA) is 38.3 Å². The molecule has 1 aromatic carbocycles. The molecular weight excluding hydrogens is 238 g/mol. The van der Waals surface area contributed by atoms with Gasteiger partial charge in [-0.1, -0.05) is 24.3 Å². The summed E-state index contributed by atoms with van der Waals surface area (Å²) in [5.74, 6) is 0.600. The summed E-state index contributed by atoms with van der Waals surface area (Å²) in [6.07, 6.45) is 0.827. The van der Waals surface area contributed by atoms with Crippen molar-refractivity contribution in [2.24, 2.45) is 5.92 Å². The third-order valence-electron chi connectivity index (χ3n) is 2.91. The van der Waals surface area contributed by atoms with Crippen LogP contribution in [0.3, 0.4) is 0 Å². The highest BCUT2D eigenvalue weighted by atomic mass is 35.5. The van der Waals surface area contributed by atoms with Gasteiger partial charge in [0.1, 0.15) is 0 Å². The van der Waals surface area contributed by atoms with Crippen molar-refractivity contribution < 1.29 is 9.53 Å². The van der Waals surface area contributed by atoms with E-state index in [1.165, 1.54) is 0 Å². The van der Waals surface area contributed by atoms with Crippen molar-refractivity contribution in [1.82, 2.24) is 5.32 Å². The Labute approximate surface area is 106 Å². The standard InChI is InChI=1S/C13H16ClNO2/c14-7-10-2-1-3-11(6-10)8-15-13(16)12-4-5-17-9-12/h1-3,6,12H,4-5,7-9H2,(H,15,16). The molecule has 0 saturated carbocycles. The molecule has 1 aliphatic heterocycles. The van der Waals surface area contributed by atoms with Crippen LogP contribution in [0.5, 0.6) is 0 Å². The summed E-state index contributed by atoms with van der Waals surface area (Å²) in [6, 6.07) is 7.93. The third kappa shape index (κ3) is 3.45. The lowest BCUT2D eigenvalue weighted by Crippen LogP contribution is -2.30. The van der Waals surface area contributed by atoms with Gasteiger partial charge in [-0.05, 0) is 17.5 Å². The van der Waals surface area contributed by atoms with E-state index >= 15 is 0 Å². The molecule has 0 aliphatic carbocycles. The van der Waals surface area contributed by atoms with Gasteiger partial charge in [-0.25, -0.2) is 0 Å². The minimum absolute atomic E-state index is 0.0196. The van der Waals surface area contributed by atoms with Crippen LogP contribution < -0.4 is 5.32 Å². The van der Waals surface area contributed by atoms with Gasteiger partial charge < -0.3 is 10.1 Å². The van der Waals surface area contributed by atoms with Crippen LogP contribution >= 0.6 is 11.6 Å². The predicted molar refractivity (Wildman–Crippen MR) is 66.8 cm³/mol. The second-order valence-electron chi connectivity index (χ2n) is 4.23. The van der Waals surface area contributed by atoms with Crippen molar-refractivity contribution >= 4 is 17.5 Å². The Morgan fingerprint density at radius 2 is 2.29 bits per heavy atom. The van der Waals surface area contributed by atoms with Crippen molar-refractivity contribution in [1.29, 1.82) is 0 Å². The Balaban J connectivity index is 1.86. The van der Waals surface area contributed by atoms with Crippen LogP contribution in [0.1, 0.15) is 17.5 Å². The second-order valence-corrected chi connectivity index (χ2v) is 4.50. The molecule has 4 heteroatoms. The smallest absolute Gasteiger partial charge is 0.225 e. The highest BCUT2D eigenvalue weighted by Gasteiger charge is 2.22. The van der Waals surface area contributed by atoms with Crippen LogP contribution in [0.2, 0.25) is 0 Å². The minimum Gasteiger partial charge on any atom is -0.381 e. The van der Waals surface area contributed by atoms with Gasteiger partial charge in [-0.2, -0.15) is 0 Å². The molecule has 0 aromatic heterocycles. The van der Waals surface area contributed by atoms with E-state index < -0.39 is 0 Å². The highest BCUT2D eigenvalue weighted by Crippen LogP contribution is 2.13. The summed E-state index contributed by atoms with van der Waals surface area (Å²) >= 11 is 5.76. The largest absolute Gasteiger partial charge is 0.381 e. The summed E-state index contributed by atoms with van der Waals surface area (Å²) in [5.41, 5.74) is 2.15. The molecule has 1 aromatic rings. The molecule has 2 rings (SSSR count). The fourth-order valence-corrected chi connectivity index (χ4v) is 2.06. The van der Waals surface area contributed by atoms with Gasteiger partial charge in [0.2, 0.25) is 5.91 Å². The van der Waals surface area contributed by atoms with E-state index in [9.17, 15) is 4.79 Å². The van der Waals surface area contributed by atoms with Gasteiger partial charge in [-0.15, -0.1) is 11.6 Å². The number of nitrogens with one attached hydrogen (secondary N) is 1. The monoisotopic (exact) mass is 253 g/mol. The number of halogens is 1. The van der Waals surface area contributed by atoms with Gasteiger partial charge in [0, 0.05) is 19.0 Å². The Hall–Kier alpha value is -1.06. The van der Waals surface area contributed by atoms with Crippen molar-refractivity contribution in [3.05, 3.63) is 35.4 Å². The Morgan fingerprint density at radius 3 is 3.00 bits per heavy atom. The number of carbonyl (C=O) groups excluding carboxylic acids is 1. The number of rotatable bonds is 4. The molecule has 92 valence electrons. The first kappa shape index (κ1) is 12.4. The van der Waals surface area contributed by atoms with Crippen molar-refractivity contribution in [3.63, 3.8) is 0 Å². The summed E-state index contributed by atoms with van der Waals surface area (Å²) in [5, 5.41) is 2.93. The molecule has 1 atom stereocenters. The van der Waals surface area contributed by atoms with Crippen LogP contribution in [0, 0.1) is 5.92 Å². The summed E-state index contributed by atoms with van der Waals surface area (Å²) in [6.45, 7) is 1.80. The molecule has 0 spiro atoms. The number of ether oxygens (including phenoxy) is 1. The zero-order chi connectivity index (χ0) is 12.1. The molecule has 1 amide bonds. The van der Waals surface area contributed by atoms with E-state index in [-0.39, 0.29) is 11.8 Å². The maximum absolute atomic E-state index is 11.8. The maximum atomic E-state index is 11.8. The van der Waals surface area contributed by atoms with Crippen molar-refractivity contribution in [2.75, 3.05) is 13.2 Å². The minimum atomic E-state index is 0.0196. The molecule has 1 fully saturated rings. The van der Waals surface area contributed by atoms with Gasteiger partial charge in [0.25, 0.3) is 0 Å². The fraction of sp³-hybridized carbons (Fsp3) is 0.462. The molecule has 0 radical (unpaired) electrons. The first-order valence-corrected chi connectivity index (χ1v) is 6.32. The second kappa shape index (κ2) is 6.03.